The number of hydrogen-bond acceptors (Lipinski definition) is 4. The highest BCUT2D eigenvalue weighted by atomic mass is 79.9. The lowest BCUT2D eigenvalue weighted by Gasteiger charge is -2.38. The first-order chi connectivity index (χ1) is 9.43. The van der Waals surface area contributed by atoms with Crippen LogP contribution in [0.15, 0.2) is 21.2 Å². The molecule has 1 aliphatic carbocycles. The second kappa shape index (κ2) is 5.66. The highest BCUT2D eigenvalue weighted by Crippen LogP contribution is 2.31. The normalized spacial score (nSPS) is 16.1. The van der Waals surface area contributed by atoms with Crippen molar-refractivity contribution >= 4 is 33.7 Å². The molecule has 0 unspecified atom stereocenters. The SMILES string of the molecule is O=C(CNC(=O)c1ccc(Br)o1)NC1(C(=O)O)CCC1. The van der Waals surface area contributed by atoms with Gasteiger partial charge in [-0.25, -0.2) is 4.79 Å². The minimum Gasteiger partial charge on any atom is -0.480 e. The molecule has 0 aromatic carbocycles. The largest absolute Gasteiger partial charge is 0.480 e. The molecule has 1 fully saturated rings. The summed E-state index contributed by atoms with van der Waals surface area (Å²) >= 11 is 3.06. The van der Waals surface area contributed by atoms with Gasteiger partial charge in [0.25, 0.3) is 5.91 Å². The van der Waals surface area contributed by atoms with Crippen molar-refractivity contribution in [1.82, 2.24) is 10.6 Å². The number of furan rings is 1. The number of carbonyl (C=O) groups excluding carboxylic acids is 2. The number of carbonyl (C=O) groups is 3. The number of carboxylic acid groups (broad SMARTS) is 1. The van der Waals surface area contributed by atoms with Crippen molar-refractivity contribution in [3.63, 3.8) is 0 Å². The molecular formula is C12H13BrN2O5. The Balaban J connectivity index is 1.83. The number of halogens is 1. The third-order valence-corrected chi connectivity index (χ3v) is 3.63. The Morgan fingerprint density at radius 1 is 1.35 bits per heavy atom. The van der Waals surface area contributed by atoms with Gasteiger partial charge in [0.05, 0.1) is 6.54 Å². The van der Waals surface area contributed by atoms with Crippen LogP contribution in [-0.4, -0.2) is 35.0 Å². The van der Waals surface area contributed by atoms with E-state index in [2.05, 4.69) is 26.6 Å². The molecule has 1 aromatic rings. The molecular weight excluding hydrogens is 332 g/mol. The summed E-state index contributed by atoms with van der Waals surface area (Å²) in [5.74, 6) is -2.05. The topological polar surface area (TPSA) is 109 Å². The molecule has 7 nitrogen and oxygen atoms in total. The van der Waals surface area contributed by atoms with Crippen molar-refractivity contribution < 1.29 is 23.9 Å². The van der Waals surface area contributed by atoms with Crippen LogP contribution in [0, 0.1) is 0 Å². The monoisotopic (exact) mass is 344 g/mol. The Morgan fingerprint density at radius 2 is 2.05 bits per heavy atom. The molecule has 20 heavy (non-hydrogen) atoms. The molecule has 0 bridgehead atoms. The summed E-state index contributed by atoms with van der Waals surface area (Å²) in [5, 5.41) is 13.9. The fourth-order valence-electron chi connectivity index (χ4n) is 1.92. The first kappa shape index (κ1) is 14.6. The van der Waals surface area contributed by atoms with Crippen molar-refractivity contribution in [3.05, 3.63) is 22.6 Å². The summed E-state index contributed by atoms with van der Waals surface area (Å²) in [6.07, 6.45) is 1.58. The zero-order valence-electron chi connectivity index (χ0n) is 10.4. The van der Waals surface area contributed by atoms with Crippen LogP contribution in [0.25, 0.3) is 0 Å². The lowest BCUT2D eigenvalue weighted by Crippen LogP contribution is -2.60. The highest BCUT2D eigenvalue weighted by Gasteiger charge is 2.45. The molecule has 108 valence electrons. The minimum absolute atomic E-state index is 0.0706. The fourth-order valence-corrected chi connectivity index (χ4v) is 2.22. The van der Waals surface area contributed by atoms with Crippen LogP contribution in [-0.2, 0) is 9.59 Å². The van der Waals surface area contributed by atoms with Crippen LogP contribution < -0.4 is 10.6 Å². The van der Waals surface area contributed by atoms with Crippen LogP contribution >= 0.6 is 15.9 Å². The average molecular weight is 345 g/mol. The van der Waals surface area contributed by atoms with Crippen LogP contribution in [0.3, 0.4) is 0 Å². The summed E-state index contributed by atoms with van der Waals surface area (Å²) in [7, 11) is 0. The molecule has 1 aliphatic rings. The maximum Gasteiger partial charge on any atom is 0.329 e. The highest BCUT2D eigenvalue weighted by molar-refractivity contribution is 9.10. The van der Waals surface area contributed by atoms with Gasteiger partial charge in [0.1, 0.15) is 5.54 Å². The number of aliphatic carboxylic acids is 1. The van der Waals surface area contributed by atoms with E-state index < -0.39 is 23.3 Å². The Kier molecular flexibility index (Phi) is 4.12. The van der Waals surface area contributed by atoms with E-state index in [0.29, 0.717) is 17.5 Å². The maximum absolute atomic E-state index is 11.7. The Hall–Kier alpha value is -1.83. The van der Waals surface area contributed by atoms with E-state index in [-0.39, 0.29) is 12.3 Å². The molecule has 0 saturated heterocycles. The van der Waals surface area contributed by atoms with E-state index in [1.54, 1.807) is 6.07 Å². The number of carboxylic acids is 1. The van der Waals surface area contributed by atoms with Gasteiger partial charge in [-0.15, -0.1) is 0 Å². The predicted octanol–water partition coefficient (Wildman–Crippen LogP) is 0.895. The van der Waals surface area contributed by atoms with Crippen LogP contribution in [0.4, 0.5) is 0 Å². The molecule has 1 heterocycles. The molecule has 0 radical (unpaired) electrons. The number of nitrogens with one attached hydrogen (secondary N) is 2. The summed E-state index contributed by atoms with van der Waals surface area (Å²) in [4.78, 5) is 34.4. The first-order valence-corrected chi connectivity index (χ1v) is 6.80. The third-order valence-electron chi connectivity index (χ3n) is 3.20. The number of hydrogen-bond donors (Lipinski definition) is 3. The predicted molar refractivity (Wildman–Crippen MR) is 71.1 cm³/mol. The number of amides is 2. The van der Waals surface area contributed by atoms with E-state index in [0.717, 1.165) is 6.42 Å². The van der Waals surface area contributed by atoms with Gasteiger partial charge >= 0.3 is 5.97 Å². The summed E-state index contributed by atoms with van der Waals surface area (Å²) in [6.45, 7) is -0.299. The average Bonchev–Trinajstić information content (AvgIpc) is 2.77. The molecule has 1 saturated carbocycles. The first-order valence-electron chi connectivity index (χ1n) is 6.01. The number of rotatable bonds is 5. The van der Waals surface area contributed by atoms with Crippen molar-refractivity contribution in [2.24, 2.45) is 0 Å². The molecule has 8 heteroatoms. The van der Waals surface area contributed by atoms with E-state index in [9.17, 15) is 14.4 Å². The summed E-state index contributed by atoms with van der Waals surface area (Å²) in [6, 6.07) is 3.02. The van der Waals surface area contributed by atoms with Gasteiger partial charge in [-0.3, -0.25) is 9.59 Å². The zero-order valence-corrected chi connectivity index (χ0v) is 12.0. The second-order valence-corrected chi connectivity index (χ2v) is 5.36. The van der Waals surface area contributed by atoms with E-state index in [4.69, 9.17) is 9.52 Å². The Bertz CT molecular complexity index is 550. The second-order valence-electron chi connectivity index (χ2n) is 4.58. The van der Waals surface area contributed by atoms with Gasteiger partial charge in [-0.2, -0.15) is 0 Å². The molecule has 2 amide bonds. The molecule has 0 aliphatic heterocycles. The Morgan fingerprint density at radius 3 is 2.50 bits per heavy atom. The minimum atomic E-state index is -1.17. The summed E-state index contributed by atoms with van der Waals surface area (Å²) in [5.41, 5.74) is -1.17. The van der Waals surface area contributed by atoms with Gasteiger partial charge in [-0.1, -0.05) is 0 Å². The summed E-state index contributed by atoms with van der Waals surface area (Å²) < 4.78 is 5.44. The Labute approximate surface area is 122 Å². The smallest absolute Gasteiger partial charge is 0.329 e. The van der Waals surface area contributed by atoms with E-state index >= 15 is 0 Å². The van der Waals surface area contributed by atoms with Crippen LogP contribution in [0.5, 0.6) is 0 Å². The van der Waals surface area contributed by atoms with Crippen molar-refractivity contribution in [3.8, 4) is 0 Å². The molecule has 0 atom stereocenters. The maximum atomic E-state index is 11.7. The van der Waals surface area contributed by atoms with Crippen molar-refractivity contribution in [1.29, 1.82) is 0 Å². The zero-order chi connectivity index (χ0) is 14.8. The van der Waals surface area contributed by atoms with Crippen LogP contribution in [0.1, 0.15) is 29.8 Å². The molecule has 0 spiro atoms. The van der Waals surface area contributed by atoms with E-state index in [1.807, 2.05) is 0 Å². The van der Waals surface area contributed by atoms with E-state index in [1.165, 1.54) is 6.07 Å². The standard InChI is InChI=1S/C12H13BrN2O5/c13-8-3-2-7(20-8)10(17)14-6-9(16)15-12(11(18)19)4-1-5-12/h2-3H,1,4-6H2,(H,14,17)(H,15,16)(H,18,19). The van der Waals surface area contributed by atoms with Gasteiger partial charge in [-0.05, 0) is 47.3 Å². The molecule has 3 N–H and O–H groups in total. The quantitative estimate of drug-likeness (QED) is 0.735. The van der Waals surface area contributed by atoms with Gasteiger partial charge in [0.2, 0.25) is 5.91 Å². The molecule has 2 rings (SSSR count). The van der Waals surface area contributed by atoms with Crippen molar-refractivity contribution in [2.45, 2.75) is 24.8 Å². The molecule has 1 aromatic heterocycles. The van der Waals surface area contributed by atoms with Gasteiger partial charge in [0.15, 0.2) is 10.4 Å². The lowest BCUT2D eigenvalue weighted by atomic mass is 9.77. The van der Waals surface area contributed by atoms with Gasteiger partial charge < -0.3 is 20.2 Å². The van der Waals surface area contributed by atoms with Gasteiger partial charge in [0, 0.05) is 0 Å². The van der Waals surface area contributed by atoms with Crippen molar-refractivity contribution in [2.75, 3.05) is 6.54 Å². The lowest BCUT2D eigenvalue weighted by molar-refractivity contribution is -0.151. The van der Waals surface area contributed by atoms with Crippen LogP contribution in [0.2, 0.25) is 0 Å². The fraction of sp³-hybridized carbons (Fsp3) is 0.417. The third kappa shape index (κ3) is 3.01.